The lowest BCUT2D eigenvalue weighted by atomic mass is 10.1. The van der Waals surface area contributed by atoms with Crippen molar-refractivity contribution < 1.29 is 0 Å². The van der Waals surface area contributed by atoms with Gasteiger partial charge in [-0.05, 0) is 41.8 Å². The van der Waals surface area contributed by atoms with Gasteiger partial charge in [-0.15, -0.1) is 22.7 Å². The normalized spacial score (nSPS) is 11.5. The Bertz CT molecular complexity index is 369. The lowest BCUT2D eigenvalue weighted by Crippen LogP contribution is -2.22. The minimum Gasteiger partial charge on any atom is -0.305 e. The first-order valence-electron chi connectivity index (χ1n) is 6.07. The third kappa shape index (κ3) is 3.66. The van der Waals surface area contributed by atoms with Gasteiger partial charge < -0.3 is 5.32 Å². The smallest absolute Gasteiger partial charge is 0.0764 e. The van der Waals surface area contributed by atoms with Gasteiger partial charge in [0.1, 0.15) is 0 Å². The van der Waals surface area contributed by atoms with Crippen LogP contribution in [0.5, 0.6) is 0 Å². The second-order valence-electron chi connectivity index (χ2n) is 4.60. The van der Waals surface area contributed by atoms with Gasteiger partial charge in [0.25, 0.3) is 0 Å². The highest BCUT2D eigenvalue weighted by Crippen LogP contribution is 2.29. The molecule has 0 aromatic carbocycles. The Labute approximate surface area is 112 Å². The molecule has 2 aromatic heterocycles. The van der Waals surface area contributed by atoms with Crippen LogP contribution in [-0.4, -0.2) is 6.54 Å². The second kappa shape index (κ2) is 6.34. The molecule has 0 unspecified atom stereocenters. The van der Waals surface area contributed by atoms with Gasteiger partial charge in [-0.3, -0.25) is 0 Å². The van der Waals surface area contributed by atoms with Crippen LogP contribution in [0.3, 0.4) is 0 Å². The minimum atomic E-state index is 0.383. The topological polar surface area (TPSA) is 12.0 Å². The van der Waals surface area contributed by atoms with E-state index in [9.17, 15) is 0 Å². The highest BCUT2D eigenvalue weighted by atomic mass is 32.1. The monoisotopic (exact) mass is 265 g/mol. The Balaban J connectivity index is 2.04. The number of thiophene rings is 2. The molecular formula is C14H19NS2. The van der Waals surface area contributed by atoms with Crippen molar-refractivity contribution in [3.05, 3.63) is 44.8 Å². The van der Waals surface area contributed by atoms with E-state index in [-0.39, 0.29) is 0 Å². The molecule has 0 bridgehead atoms. The summed E-state index contributed by atoms with van der Waals surface area (Å²) in [6, 6.07) is 9.08. The van der Waals surface area contributed by atoms with Crippen molar-refractivity contribution in [2.24, 2.45) is 5.92 Å². The van der Waals surface area contributed by atoms with Gasteiger partial charge in [0.15, 0.2) is 0 Å². The second-order valence-corrected chi connectivity index (χ2v) is 6.56. The molecule has 0 fully saturated rings. The molecule has 17 heavy (non-hydrogen) atoms. The van der Waals surface area contributed by atoms with Gasteiger partial charge in [-0.2, -0.15) is 0 Å². The van der Waals surface area contributed by atoms with E-state index in [1.807, 2.05) is 22.7 Å². The quantitative estimate of drug-likeness (QED) is 0.809. The maximum atomic E-state index is 3.68. The number of hydrogen-bond donors (Lipinski definition) is 1. The molecule has 92 valence electrons. The summed E-state index contributed by atoms with van der Waals surface area (Å²) in [6.07, 6.45) is 1.23. The Morgan fingerprint density at radius 1 is 1.06 bits per heavy atom. The summed E-state index contributed by atoms with van der Waals surface area (Å²) in [5, 5.41) is 7.98. The van der Waals surface area contributed by atoms with Crippen LogP contribution in [0.25, 0.3) is 0 Å². The fourth-order valence-electron chi connectivity index (χ4n) is 1.77. The molecule has 3 heteroatoms. The van der Waals surface area contributed by atoms with E-state index < -0.39 is 0 Å². The van der Waals surface area contributed by atoms with E-state index >= 15 is 0 Å². The van der Waals surface area contributed by atoms with Gasteiger partial charge in [0.05, 0.1) is 6.04 Å². The molecule has 0 atom stereocenters. The average molecular weight is 265 g/mol. The Kier molecular flexibility index (Phi) is 4.77. The van der Waals surface area contributed by atoms with Gasteiger partial charge >= 0.3 is 0 Å². The Morgan fingerprint density at radius 2 is 1.65 bits per heavy atom. The summed E-state index contributed by atoms with van der Waals surface area (Å²) < 4.78 is 0. The largest absolute Gasteiger partial charge is 0.305 e. The van der Waals surface area contributed by atoms with Crippen LogP contribution in [0, 0.1) is 5.92 Å². The first-order valence-corrected chi connectivity index (χ1v) is 7.83. The van der Waals surface area contributed by atoms with E-state index in [1.54, 1.807) is 0 Å². The van der Waals surface area contributed by atoms with Crippen LogP contribution in [-0.2, 0) is 0 Å². The maximum absolute atomic E-state index is 3.68. The fraction of sp³-hybridized carbons (Fsp3) is 0.429. The zero-order chi connectivity index (χ0) is 12.1. The molecule has 1 N–H and O–H groups in total. The van der Waals surface area contributed by atoms with Crippen LogP contribution in [0.1, 0.15) is 36.1 Å². The van der Waals surface area contributed by atoms with Crippen molar-refractivity contribution in [1.29, 1.82) is 0 Å². The van der Waals surface area contributed by atoms with Gasteiger partial charge in [-0.25, -0.2) is 0 Å². The van der Waals surface area contributed by atoms with Gasteiger partial charge in [0, 0.05) is 9.75 Å². The number of nitrogens with one attached hydrogen (secondary N) is 1. The van der Waals surface area contributed by atoms with Crippen molar-refractivity contribution in [2.75, 3.05) is 6.54 Å². The Hall–Kier alpha value is -0.640. The highest BCUT2D eigenvalue weighted by Gasteiger charge is 2.15. The summed E-state index contributed by atoms with van der Waals surface area (Å²) in [5.41, 5.74) is 0. The Morgan fingerprint density at radius 3 is 2.06 bits per heavy atom. The van der Waals surface area contributed by atoms with E-state index in [1.165, 1.54) is 16.2 Å². The summed E-state index contributed by atoms with van der Waals surface area (Å²) >= 11 is 3.66. The van der Waals surface area contributed by atoms with Crippen LogP contribution in [0.15, 0.2) is 35.0 Å². The first kappa shape index (κ1) is 12.8. The van der Waals surface area contributed by atoms with Gasteiger partial charge in [0.2, 0.25) is 0 Å². The molecule has 2 aromatic rings. The van der Waals surface area contributed by atoms with E-state index in [4.69, 9.17) is 0 Å². The molecule has 0 spiro atoms. The highest BCUT2D eigenvalue weighted by molar-refractivity contribution is 7.11. The molecule has 0 radical (unpaired) electrons. The molecule has 0 amide bonds. The fourth-order valence-corrected chi connectivity index (χ4v) is 3.48. The predicted molar refractivity (Wildman–Crippen MR) is 77.9 cm³/mol. The summed E-state index contributed by atoms with van der Waals surface area (Å²) in [7, 11) is 0. The van der Waals surface area contributed by atoms with Crippen LogP contribution in [0.2, 0.25) is 0 Å². The van der Waals surface area contributed by atoms with E-state index in [2.05, 4.69) is 54.2 Å². The van der Waals surface area contributed by atoms with Gasteiger partial charge in [-0.1, -0.05) is 26.0 Å². The van der Waals surface area contributed by atoms with Crippen molar-refractivity contribution in [2.45, 2.75) is 26.3 Å². The lowest BCUT2D eigenvalue weighted by molar-refractivity contribution is 0.515. The molecule has 2 rings (SSSR count). The molecule has 0 saturated carbocycles. The maximum Gasteiger partial charge on any atom is 0.0764 e. The zero-order valence-electron chi connectivity index (χ0n) is 10.3. The third-order valence-corrected chi connectivity index (χ3v) is 4.60. The number of rotatable bonds is 6. The summed E-state index contributed by atoms with van der Waals surface area (Å²) in [4.78, 5) is 2.83. The van der Waals surface area contributed by atoms with E-state index in [0.29, 0.717) is 6.04 Å². The van der Waals surface area contributed by atoms with Crippen LogP contribution >= 0.6 is 22.7 Å². The standard InChI is InChI=1S/C14H19NS2/c1-11(2)7-8-15-14(12-5-3-9-16-12)13-6-4-10-17-13/h3-6,9-11,14-15H,7-8H2,1-2H3. The first-order chi connectivity index (χ1) is 8.27. The predicted octanol–water partition coefficient (Wildman–Crippen LogP) is 4.53. The molecule has 0 saturated heterocycles. The molecule has 1 nitrogen and oxygen atoms in total. The van der Waals surface area contributed by atoms with Crippen LogP contribution in [0.4, 0.5) is 0 Å². The van der Waals surface area contributed by atoms with Crippen molar-refractivity contribution in [3.63, 3.8) is 0 Å². The lowest BCUT2D eigenvalue weighted by Gasteiger charge is -2.16. The molecule has 2 heterocycles. The van der Waals surface area contributed by atoms with Crippen molar-refractivity contribution in [1.82, 2.24) is 5.32 Å². The molecule has 0 aliphatic carbocycles. The van der Waals surface area contributed by atoms with Crippen molar-refractivity contribution in [3.8, 4) is 0 Å². The summed E-state index contributed by atoms with van der Waals surface area (Å²) in [6.45, 7) is 5.62. The zero-order valence-corrected chi connectivity index (χ0v) is 12.0. The SMILES string of the molecule is CC(C)CCNC(c1cccs1)c1cccs1. The average Bonchev–Trinajstić information content (AvgIpc) is 2.97. The van der Waals surface area contributed by atoms with E-state index in [0.717, 1.165) is 12.5 Å². The minimum absolute atomic E-state index is 0.383. The molecule has 0 aliphatic heterocycles. The summed E-state index contributed by atoms with van der Waals surface area (Å²) in [5.74, 6) is 0.759. The molecule has 0 aliphatic rings. The number of hydrogen-bond acceptors (Lipinski definition) is 3. The van der Waals surface area contributed by atoms with Crippen molar-refractivity contribution >= 4 is 22.7 Å². The molecular weight excluding hydrogens is 246 g/mol. The van der Waals surface area contributed by atoms with Crippen LogP contribution < -0.4 is 5.32 Å². The third-order valence-electron chi connectivity index (χ3n) is 2.73.